The summed E-state index contributed by atoms with van der Waals surface area (Å²) < 4.78 is 22.0. The van der Waals surface area contributed by atoms with E-state index < -0.39 is 58.3 Å². The minimum atomic E-state index is -0.685. The standard InChI is InChI=1S/2C19H18O4.C18H16O6.C18H12O4/c1-19(2)7-3-4-11-13(19)6-5-12-15(11)17(22)16(21)14-10(8-20)9-23-18(12)14;1-10-8-23-18-12-5-6-13-11(4-3-7-19(13,2)9-20)15(12)17(22)16(21)14(10)18;19-5-8-7-24-18-11-2-1-9-10(3-4-13(21)12(9)6-20)15(11)17(23)16(22)14(8)18;1-9-3-2-4-12-11(9)5-6-13-15(12)17(21)16(20)14-10(7-19)8-22-18(13)14/h5-6,9,20H,3-4,7-8H2,1-2H3;5-6,8,20H,3-4,7,9H2,1-2H3;1-2,7,12-13,19-21H,3-6H2;2-6,8,19H,7H2,1H3. The number of aryl methyl sites for hydroxylation is 2. The van der Waals surface area contributed by atoms with Gasteiger partial charge in [-0.25, -0.2) is 0 Å². The summed E-state index contributed by atoms with van der Waals surface area (Å²) in [4.78, 5) is 101. The van der Waals surface area contributed by atoms with Gasteiger partial charge in [0.2, 0.25) is 46.3 Å². The quantitative estimate of drug-likeness (QED) is 0.0872. The van der Waals surface area contributed by atoms with Crippen molar-refractivity contribution in [1.29, 1.82) is 0 Å². The van der Waals surface area contributed by atoms with Gasteiger partial charge in [0.15, 0.2) is 0 Å². The van der Waals surface area contributed by atoms with Gasteiger partial charge in [-0.3, -0.25) is 38.4 Å². The molecule has 0 spiro atoms. The van der Waals surface area contributed by atoms with Crippen molar-refractivity contribution in [1.82, 2.24) is 0 Å². The van der Waals surface area contributed by atoms with Crippen LogP contribution in [0.4, 0.5) is 0 Å². The summed E-state index contributed by atoms with van der Waals surface area (Å²) in [6, 6.07) is 20.6. The molecule has 18 nitrogen and oxygen atoms in total. The molecular weight excluding hydrogens is 1180 g/mol. The molecule has 16 rings (SSSR count). The lowest BCUT2D eigenvalue weighted by Crippen LogP contribution is -2.34. The van der Waals surface area contributed by atoms with E-state index in [-0.39, 0.29) is 60.6 Å². The first-order chi connectivity index (χ1) is 44.1. The summed E-state index contributed by atoms with van der Waals surface area (Å²) >= 11 is 0. The van der Waals surface area contributed by atoms with Crippen LogP contribution in [0.5, 0.6) is 0 Å². The third kappa shape index (κ3) is 9.28. The number of benzene rings is 5. The zero-order valence-corrected chi connectivity index (χ0v) is 51.1. The van der Waals surface area contributed by atoms with Crippen molar-refractivity contribution in [3.63, 3.8) is 0 Å². The minimum Gasteiger partial charge on any atom is -0.463 e. The highest BCUT2D eigenvalue weighted by atomic mass is 16.3. The van der Waals surface area contributed by atoms with Gasteiger partial charge >= 0.3 is 0 Å². The van der Waals surface area contributed by atoms with E-state index >= 15 is 0 Å². The van der Waals surface area contributed by atoms with Gasteiger partial charge in [0.25, 0.3) is 0 Å². The highest BCUT2D eigenvalue weighted by Crippen LogP contribution is 2.49. The Labute approximate surface area is 526 Å². The van der Waals surface area contributed by atoms with Crippen LogP contribution in [0.3, 0.4) is 0 Å². The molecule has 3 unspecified atom stereocenters. The molecule has 0 radical (unpaired) electrons. The van der Waals surface area contributed by atoms with Gasteiger partial charge in [-0.2, -0.15) is 0 Å². The van der Waals surface area contributed by atoms with Gasteiger partial charge in [-0.15, -0.1) is 0 Å². The Morgan fingerprint density at radius 2 is 0.870 bits per heavy atom. The van der Waals surface area contributed by atoms with Gasteiger partial charge in [0.05, 0.1) is 86.4 Å². The van der Waals surface area contributed by atoms with Crippen molar-refractivity contribution in [3.8, 4) is 45.3 Å². The van der Waals surface area contributed by atoms with Crippen molar-refractivity contribution < 1.29 is 86.7 Å². The molecule has 0 bridgehead atoms. The Hall–Kier alpha value is -9.40. The topological polar surface area (TPSA) is 310 Å². The normalized spacial score (nSPS) is 19.2. The van der Waals surface area contributed by atoms with Crippen molar-refractivity contribution in [3.05, 3.63) is 197 Å². The lowest BCUT2D eigenvalue weighted by Gasteiger charge is -2.36. The third-order valence-electron chi connectivity index (χ3n) is 19.8. The monoisotopic (exact) mass is 1240 g/mol. The molecule has 7 aliphatic rings. The fraction of sp³-hybridized carbons (Fsp3) is 0.297. The summed E-state index contributed by atoms with van der Waals surface area (Å²) in [5, 5.41) is 59.2. The van der Waals surface area contributed by atoms with Crippen LogP contribution in [0.2, 0.25) is 0 Å². The highest BCUT2D eigenvalue weighted by molar-refractivity contribution is 6.56. The number of hydrogen-bond acceptors (Lipinski definition) is 18. The molecule has 4 heterocycles. The summed E-state index contributed by atoms with van der Waals surface area (Å²) in [6.45, 7) is 8.88. The maximum absolute atomic E-state index is 12.8. The first kappa shape index (κ1) is 61.5. The first-order valence-corrected chi connectivity index (χ1v) is 30.6. The van der Waals surface area contributed by atoms with E-state index in [9.17, 15) is 69.0 Å². The Balaban J connectivity index is 0.000000112. The van der Waals surface area contributed by atoms with E-state index in [2.05, 4.69) is 19.9 Å². The Bertz CT molecular complexity index is 4720. The van der Waals surface area contributed by atoms with Gasteiger partial charge in [0, 0.05) is 72.5 Å². The summed E-state index contributed by atoms with van der Waals surface area (Å²) in [6.07, 6.45) is 11.1. The second-order valence-corrected chi connectivity index (χ2v) is 25.6. The van der Waals surface area contributed by atoms with E-state index in [0.29, 0.717) is 119 Å². The third-order valence-corrected chi connectivity index (χ3v) is 19.8. The van der Waals surface area contributed by atoms with Crippen molar-refractivity contribution in [2.24, 2.45) is 0 Å². The molecule has 7 aliphatic carbocycles. The van der Waals surface area contributed by atoms with Crippen LogP contribution in [0.1, 0.15) is 203 Å². The van der Waals surface area contributed by atoms with E-state index in [1.54, 1.807) is 25.1 Å². The molecule has 468 valence electrons. The molecule has 5 aromatic carbocycles. The maximum atomic E-state index is 12.8. The first-order valence-electron chi connectivity index (χ1n) is 30.6. The Morgan fingerprint density at radius 1 is 0.435 bits per heavy atom. The zero-order chi connectivity index (χ0) is 65.1. The number of rotatable bonds is 5. The molecule has 0 saturated carbocycles. The van der Waals surface area contributed by atoms with Crippen LogP contribution < -0.4 is 0 Å². The molecule has 6 N–H and O–H groups in total. The smallest absolute Gasteiger partial charge is 0.237 e. The largest absolute Gasteiger partial charge is 0.463 e. The highest BCUT2D eigenvalue weighted by Gasteiger charge is 2.44. The molecule has 92 heavy (non-hydrogen) atoms. The van der Waals surface area contributed by atoms with Gasteiger partial charge < -0.3 is 48.3 Å². The number of aliphatic hydroxyl groups excluding tert-OH is 6. The second kappa shape index (κ2) is 23.1. The predicted molar refractivity (Wildman–Crippen MR) is 333 cm³/mol. The van der Waals surface area contributed by atoms with Crippen LogP contribution in [0.15, 0.2) is 109 Å². The lowest BCUT2D eigenvalue weighted by atomic mass is 9.68. The number of aliphatic hydroxyl groups is 6. The number of fused-ring (bicyclic) bond motifs is 20. The van der Waals surface area contributed by atoms with E-state index in [1.165, 1.54) is 25.1 Å². The lowest BCUT2D eigenvalue weighted by molar-refractivity contribution is 0.0806. The number of carbonyl (C=O) groups excluding carboxylic acids is 8. The average Bonchev–Trinajstić information content (AvgIpc) is 1.32. The molecule has 0 aliphatic heterocycles. The SMILES string of the molecule is CC1(C)CCCc2c1ccc1c2C(=O)C(=O)c2c(CO)coc2-1.Cc1cccc2c3c(ccc12)-c1occ(CO)c1C(=O)C3=O.Cc1coc2c1C(=O)C(=O)c1c-2ccc2c1CCCC2(C)CO.O=C1C(=O)c2c(ccc3c2CCC(O)C3CO)-c2occ(CO)c21. The summed E-state index contributed by atoms with van der Waals surface area (Å²) in [5.74, 6) is -3.33. The predicted octanol–water partition coefficient (Wildman–Crippen LogP) is 11.1. The van der Waals surface area contributed by atoms with Gasteiger partial charge in [-0.05, 0) is 132 Å². The fourth-order valence-corrected chi connectivity index (χ4v) is 15.0. The van der Waals surface area contributed by atoms with Crippen molar-refractivity contribution in [2.75, 3.05) is 13.2 Å². The second-order valence-electron chi connectivity index (χ2n) is 25.6. The fourth-order valence-electron chi connectivity index (χ4n) is 15.0. The number of carbonyl (C=O) groups is 8. The number of Topliss-reactive ketones (excluding diaryl/α,β-unsaturated/α-hetero) is 8. The molecule has 0 fully saturated rings. The van der Waals surface area contributed by atoms with Crippen LogP contribution in [-0.2, 0) is 49.9 Å². The molecule has 9 aromatic rings. The van der Waals surface area contributed by atoms with E-state index in [1.807, 2.05) is 56.3 Å². The Morgan fingerprint density at radius 3 is 1.40 bits per heavy atom. The van der Waals surface area contributed by atoms with Gasteiger partial charge in [-0.1, -0.05) is 81.4 Å². The number of furan rings is 4. The molecule has 3 atom stereocenters. The molecular formula is C74H64O18. The summed E-state index contributed by atoms with van der Waals surface area (Å²) in [5.41, 5.74) is 13.0. The van der Waals surface area contributed by atoms with Gasteiger partial charge in [0.1, 0.15) is 23.0 Å². The molecule has 0 amide bonds. The molecule has 0 saturated heterocycles. The number of ketones is 8. The van der Waals surface area contributed by atoms with E-state index in [0.717, 1.165) is 77.1 Å². The minimum absolute atomic E-state index is 0.00560. The zero-order valence-electron chi connectivity index (χ0n) is 51.1. The Kier molecular flexibility index (Phi) is 15.4. The van der Waals surface area contributed by atoms with E-state index in [4.69, 9.17) is 17.7 Å². The van der Waals surface area contributed by atoms with Crippen LogP contribution in [0, 0.1) is 13.8 Å². The summed E-state index contributed by atoms with van der Waals surface area (Å²) in [7, 11) is 0. The van der Waals surface area contributed by atoms with Crippen LogP contribution >= 0.6 is 0 Å². The molecule has 4 aromatic heterocycles. The van der Waals surface area contributed by atoms with Crippen LogP contribution in [0.25, 0.3) is 56.1 Å². The average molecular weight is 1240 g/mol. The van der Waals surface area contributed by atoms with Crippen molar-refractivity contribution >= 4 is 57.0 Å². The number of hydrogen-bond donors (Lipinski definition) is 6. The maximum Gasteiger partial charge on any atom is 0.237 e. The van der Waals surface area contributed by atoms with Crippen LogP contribution in [-0.4, -0.2) is 96.2 Å². The molecule has 18 heteroatoms. The van der Waals surface area contributed by atoms with Crippen molar-refractivity contribution in [2.45, 2.75) is 129 Å².